The van der Waals surface area contributed by atoms with Gasteiger partial charge in [0.05, 0.1) is 11.2 Å². The van der Waals surface area contributed by atoms with Gasteiger partial charge in [-0.05, 0) is 45.4 Å². The van der Waals surface area contributed by atoms with Gasteiger partial charge in [0.2, 0.25) is 0 Å². The van der Waals surface area contributed by atoms with Crippen LogP contribution in [0.5, 0.6) is 0 Å². The van der Waals surface area contributed by atoms with E-state index in [1.807, 2.05) is 0 Å². The lowest BCUT2D eigenvalue weighted by molar-refractivity contribution is 0.0312. The number of aliphatic hydroxyl groups is 1. The molecule has 0 radical (unpaired) electrons. The van der Waals surface area contributed by atoms with Crippen molar-refractivity contribution in [3.8, 4) is 0 Å². The van der Waals surface area contributed by atoms with Crippen molar-refractivity contribution in [3.05, 3.63) is 35.1 Å². The lowest BCUT2D eigenvalue weighted by atomic mass is 10.1. The van der Waals surface area contributed by atoms with Crippen LogP contribution in [0.15, 0.2) is 18.2 Å². The third-order valence-corrected chi connectivity index (χ3v) is 2.60. The average Bonchev–Trinajstić information content (AvgIpc) is 2.24. The Bertz CT molecular complexity index is 438. The molecule has 0 spiro atoms. The van der Waals surface area contributed by atoms with Crippen molar-refractivity contribution in [1.29, 1.82) is 0 Å². The second kappa shape index (κ2) is 5.48. The number of halogens is 1. The molecule has 100 valence electrons. The van der Waals surface area contributed by atoms with E-state index in [0.29, 0.717) is 6.54 Å². The molecule has 0 bridgehead atoms. The highest BCUT2D eigenvalue weighted by Gasteiger charge is 2.23. The summed E-state index contributed by atoms with van der Waals surface area (Å²) in [6.07, 6.45) is 0. The van der Waals surface area contributed by atoms with Gasteiger partial charge in [-0.1, -0.05) is 6.07 Å². The molecule has 0 saturated carbocycles. The highest BCUT2D eigenvalue weighted by Crippen LogP contribution is 2.14. The number of likely N-dealkylation sites (N-methyl/N-ethyl adjacent to an activating group) is 1. The monoisotopic (exact) mass is 253 g/mol. The molecule has 0 saturated heterocycles. The Morgan fingerprint density at radius 3 is 2.50 bits per heavy atom. The number of amides is 1. The van der Waals surface area contributed by atoms with E-state index >= 15 is 0 Å². The number of carbonyl (C=O) groups is 1. The average molecular weight is 253 g/mol. The maximum Gasteiger partial charge on any atom is 0.256 e. The first-order chi connectivity index (χ1) is 8.24. The molecule has 18 heavy (non-hydrogen) atoms. The van der Waals surface area contributed by atoms with Gasteiger partial charge in [0, 0.05) is 13.1 Å². The fourth-order valence-electron chi connectivity index (χ4n) is 1.76. The van der Waals surface area contributed by atoms with Gasteiger partial charge in [0.15, 0.2) is 0 Å². The molecule has 1 N–H and O–H groups in total. The third kappa shape index (κ3) is 3.81. The van der Waals surface area contributed by atoms with E-state index in [-0.39, 0.29) is 12.1 Å². The molecule has 1 aromatic rings. The number of nitrogens with zero attached hydrogens (tertiary/aromatic N) is 1. The first-order valence-corrected chi connectivity index (χ1v) is 6.02. The molecular weight excluding hydrogens is 233 g/mol. The van der Waals surface area contributed by atoms with Crippen molar-refractivity contribution in [1.82, 2.24) is 4.90 Å². The van der Waals surface area contributed by atoms with Crippen LogP contribution >= 0.6 is 0 Å². The maximum atomic E-state index is 13.7. The van der Waals surface area contributed by atoms with Crippen LogP contribution in [0.1, 0.15) is 36.7 Å². The number of hydrogen-bond acceptors (Lipinski definition) is 2. The summed E-state index contributed by atoms with van der Waals surface area (Å²) in [6.45, 7) is 7.41. The summed E-state index contributed by atoms with van der Waals surface area (Å²) in [5.74, 6) is -0.911. The molecule has 0 unspecified atom stereocenters. The third-order valence-electron chi connectivity index (χ3n) is 2.60. The second-order valence-corrected chi connectivity index (χ2v) is 5.12. The van der Waals surface area contributed by atoms with Gasteiger partial charge >= 0.3 is 0 Å². The summed E-state index contributed by atoms with van der Waals surface area (Å²) in [7, 11) is 0. The van der Waals surface area contributed by atoms with E-state index in [9.17, 15) is 14.3 Å². The van der Waals surface area contributed by atoms with Crippen molar-refractivity contribution < 1.29 is 14.3 Å². The molecule has 1 amide bonds. The first-order valence-electron chi connectivity index (χ1n) is 6.02. The van der Waals surface area contributed by atoms with Crippen LogP contribution in [-0.2, 0) is 0 Å². The Kier molecular flexibility index (Phi) is 4.46. The van der Waals surface area contributed by atoms with Crippen LogP contribution < -0.4 is 0 Å². The zero-order valence-corrected chi connectivity index (χ0v) is 11.3. The zero-order valence-electron chi connectivity index (χ0n) is 11.3. The van der Waals surface area contributed by atoms with Crippen molar-refractivity contribution in [2.24, 2.45) is 0 Å². The SMILES string of the molecule is CCN(CC(C)(C)O)C(=O)c1ccc(C)cc1F. The van der Waals surface area contributed by atoms with Crippen molar-refractivity contribution in [2.45, 2.75) is 33.3 Å². The van der Waals surface area contributed by atoms with Crippen LogP contribution in [0.4, 0.5) is 4.39 Å². The van der Waals surface area contributed by atoms with Crippen molar-refractivity contribution >= 4 is 5.91 Å². The van der Waals surface area contributed by atoms with Crippen LogP contribution in [0, 0.1) is 12.7 Å². The molecule has 4 heteroatoms. The Hall–Kier alpha value is -1.42. The molecule has 0 atom stereocenters. The highest BCUT2D eigenvalue weighted by molar-refractivity contribution is 5.94. The molecule has 0 aliphatic carbocycles. The van der Waals surface area contributed by atoms with Gasteiger partial charge in [-0.3, -0.25) is 4.79 Å². The fourth-order valence-corrected chi connectivity index (χ4v) is 1.76. The van der Waals surface area contributed by atoms with Gasteiger partial charge in [0.1, 0.15) is 5.82 Å². The van der Waals surface area contributed by atoms with Gasteiger partial charge in [0.25, 0.3) is 5.91 Å². The Morgan fingerprint density at radius 2 is 2.06 bits per heavy atom. The van der Waals surface area contributed by atoms with E-state index in [1.54, 1.807) is 33.8 Å². The molecule has 3 nitrogen and oxygen atoms in total. The van der Waals surface area contributed by atoms with E-state index in [2.05, 4.69) is 0 Å². The van der Waals surface area contributed by atoms with Gasteiger partial charge in [-0.15, -0.1) is 0 Å². The number of hydrogen-bond donors (Lipinski definition) is 1. The summed E-state index contributed by atoms with van der Waals surface area (Å²) in [5.41, 5.74) is -0.173. The predicted molar refractivity (Wildman–Crippen MR) is 69.0 cm³/mol. The minimum Gasteiger partial charge on any atom is -0.389 e. The lowest BCUT2D eigenvalue weighted by Crippen LogP contribution is -2.42. The van der Waals surface area contributed by atoms with E-state index in [4.69, 9.17) is 0 Å². The lowest BCUT2D eigenvalue weighted by Gasteiger charge is -2.28. The Morgan fingerprint density at radius 1 is 1.44 bits per heavy atom. The molecule has 1 rings (SSSR count). The first kappa shape index (κ1) is 14.6. The summed E-state index contributed by atoms with van der Waals surface area (Å²) in [4.78, 5) is 13.6. The van der Waals surface area contributed by atoms with E-state index in [1.165, 1.54) is 17.0 Å². The standard InChI is InChI=1S/C14H20FNO2/c1-5-16(9-14(3,4)18)13(17)11-7-6-10(2)8-12(11)15/h6-8,18H,5,9H2,1-4H3. The van der Waals surface area contributed by atoms with Crippen LogP contribution in [0.2, 0.25) is 0 Å². The van der Waals surface area contributed by atoms with Gasteiger partial charge < -0.3 is 10.0 Å². The van der Waals surface area contributed by atoms with Crippen molar-refractivity contribution in [2.75, 3.05) is 13.1 Å². The summed E-state index contributed by atoms with van der Waals surface area (Å²) >= 11 is 0. The Balaban J connectivity index is 2.97. The quantitative estimate of drug-likeness (QED) is 0.895. The molecule has 0 aliphatic heterocycles. The largest absolute Gasteiger partial charge is 0.389 e. The fraction of sp³-hybridized carbons (Fsp3) is 0.500. The zero-order chi connectivity index (χ0) is 13.9. The summed E-state index contributed by atoms with van der Waals surface area (Å²) in [6, 6.07) is 4.53. The van der Waals surface area contributed by atoms with Crippen LogP contribution in [0.3, 0.4) is 0 Å². The molecule has 0 aliphatic rings. The van der Waals surface area contributed by atoms with Crippen LogP contribution in [-0.4, -0.2) is 34.6 Å². The van der Waals surface area contributed by atoms with E-state index < -0.39 is 17.3 Å². The number of aryl methyl sites for hydroxylation is 1. The number of carbonyl (C=O) groups excluding carboxylic acids is 1. The number of benzene rings is 1. The topological polar surface area (TPSA) is 40.5 Å². The summed E-state index contributed by atoms with van der Waals surface area (Å²) < 4.78 is 13.7. The minimum absolute atomic E-state index is 0.0479. The molecule has 0 fully saturated rings. The maximum absolute atomic E-state index is 13.7. The predicted octanol–water partition coefficient (Wildman–Crippen LogP) is 2.37. The van der Waals surface area contributed by atoms with Crippen molar-refractivity contribution in [3.63, 3.8) is 0 Å². The van der Waals surface area contributed by atoms with E-state index in [0.717, 1.165) is 5.56 Å². The molecule has 0 heterocycles. The molecular formula is C14H20FNO2. The Labute approximate surface area is 107 Å². The smallest absolute Gasteiger partial charge is 0.256 e. The van der Waals surface area contributed by atoms with Crippen LogP contribution in [0.25, 0.3) is 0 Å². The second-order valence-electron chi connectivity index (χ2n) is 5.12. The normalized spacial score (nSPS) is 11.4. The van der Waals surface area contributed by atoms with Gasteiger partial charge in [-0.25, -0.2) is 4.39 Å². The van der Waals surface area contributed by atoms with Gasteiger partial charge in [-0.2, -0.15) is 0 Å². The molecule has 1 aromatic carbocycles. The molecule has 0 aromatic heterocycles. The minimum atomic E-state index is -0.993. The number of rotatable bonds is 4. The highest BCUT2D eigenvalue weighted by atomic mass is 19.1. The summed E-state index contributed by atoms with van der Waals surface area (Å²) in [5, 5.41) is 9.74.